The molecule has 14 rings (SSSR count). The van der Waals surface area contributed by atoms with Gasteiger partial charge >= 0.3 is 12.0 Å². The molecule has 6 aliphatic rings. The van der Waals surface area contributed by atoms with E-state index in [-0.39, 0.29) is 12.1 Å². The van der Waals surface area contributed by atoms with Crippen LogP contribution in [0.3, 0.4) is 0 Å². The van der Waals surface area contributed by atoms with Crippen LogP contribution in [-0.4, -0.2) is 152 Å². The number of benzene rings is 4. The number of aliphatic imine (C=N–C) groups is 4. The number of aryl methyl sites for hydroxylation is 2. The largest absolute Gasteiger partial charge is 0.462 e. The minimum atomic E-state index is 0.179. The van der Waals surface area contributed by atoms with Crippen molar-refractivity contribution in [3.8, 4) is 22.5 Å². The third-order valence-electron chi connectivity index (χ3n) is 19.5. The number of hydrogen-bond donors (Lipinski definition) is 0. The van der Waals surface area contributed by atoms with Crippen molar-refractivity contribution in [1.82, 2.24) is 29.7 Å². The van der Waals surface area contributed by atoms with Gasteiger partial charge in [-0.15, -0.1) is 22.7 Å². The lowest BCUT2D eigenvalue weighted by atomic mass is 9.97. The fourth-order valence-electron chi connectivity index (χ4n) is 14.4. The molecule has 4 fully saturated rings. The highest BCUT2D eigenvalue weighted by Crippen LogP contribution is 2.41. The van der Waals surface area contributed by atoms with Crippen molar-refractivity contribution in [1.29, 1.82) is 0 Å². The van der Waals surface area contributed by atoms with E-state index in [0.717, 1.165) is 140 Å². The fourth-order valence-corrected chi connectivity index (χ4v) is 16.0. The Bertz CT molecular complexity index is 3950. The molecule has 18 heteroatoms. The third kappa shape index (κ3) is 13.2. The van der Waals surface area contributed by atoms with E-state index >= 15 is 0 Å². The number of rotatable bonds is 18. The summed E-state index contributed by atoms with van der Waals surface area (Å²) in [5, 5.41) is 7.22. The molecule has 4 saturated heterocycles. The van der Waals surface area contributed by atoms with Gasteiger partial charge in [0.15, 0.2) is 0 Å². The number of likely N-dealkylation sites (N-methyl/N-ethyl adjacent to an activating group) is 2. The van der Waals surface area contributed by atoms with Gasteiger partial charge < -0.3 is 38.9 Å². The van der Waals surface area contributed by atoms with Crippen LogP contribution in [0.4, 0.5) is 23.0 Å². The Balaban J connectivity index is 0.610. The monoisotopic (exact) mass is 1230 g/mol. The van der Waals surface area contributed by atoms with Gasteiger partial charge in [0.05, 0.1) is 61.7 Å². The zero-order valence-corrected chi connectivity index (χ0v) is 53.8. The summed E-state index contributed by atoms with van der Waals surface area (Å²) in [5.74, 6) is 2.06. The van der Waals surface area contributed by atoms with E-state index in [2.05, 4.69) is 171 Å². The van der Waals surface area contributed by atoms with Crippen LogP contribution >= 0.6 is 22.7 Å². The van der Waals surface area contributed by atoms with Crippen LogP contribution in [-0.2, 0) is 38.9 Å². The Labute approximate surface area is 531 Å². The van der Waals surface area contributed by atoms with Gasteiger partial charge in [0, 0.05) is 106 Å². The Morgan fingerprint density at radius 3 is 1.70 bits per heavy atom. The van der Waals surface area contributed by atoms with Crippen LogP contribution in [0.5, 0.6) is 12.0 Å². The number of fused-ring (bicyclic) bond motifs is 4. The van der Waals surface area contributed by atoms with Crippen molar-refractivity contribution >= 4 is 79.2 Å². The Morgan fingerprint density at radius 2 is 1.12 bits per heavy atom. The van der Waals surface area contributed by atoms with Crippen molar-refractivity contribution in [2.75, 3.05) is 106 Å². The van der Waals surface area contributed by atoms with Crippen LogP contribution < -0.4 is 29.1 Å². The predicted molar refractivity (Wildman–Crippen MR) is 363 cm³/mol. The van der Waals surface area contributed by atoms with Crippen LogP contribution in [0, 0.1) is 13.8 Å². The predicted octanol–water partition coefficient (Wildman–Crippen LogP) is 12.8. The lowest BCUT2D eigenvalue weighted by Gasteiger charge is -2.36. The molecule has 8 aromatic rings. The van der Waals surface area contributed by atoms with E-state index in [4.69, 9.17) is 44.4 Å². The highest BCUT2D eigenvalue weighted by molar-refractivity contribution is 7.15. The lowest BCUT2D eigenvalue weighted by Crippen LogP contribution is -2.39. The number of aromatic nitrogens is 4. The van der Waals surface area contributed by atoms with E-state index in [0.29, 0.717) is 57.0 Å². The van der Waals surface area contributed by atoms with Gasteiger partial charge in [-0.2, -0.15) is 19.9 Å². The molecule has 0 saturated carbocycles. The van der Waals surface area contributed by atoms with Gasteiger partial charge in [0.25, 0.3) is 0 Å². The summed E-state index contributed by atoms with van der Waals surface area (Å²) in [6, 6.07) is 41.7. The zero-order chi connectivity index (χ0) is 60.2. The Morgan fingerprint density at radius 1 is 0.551 bits per heavy atom. The van der Waals surface area contributed by atoms with Crippen LogP contribution in [0.1, 0.15) is 94.8 Å². The number of piperidine rings is 2. The quantitative estimate of drug-likeness (QED) is 0.0756. The average molecular weight is 1230 g/mol. The molecule has 6 aliphatic heterocycles. The highest BCUT2D eigenvalue weighted by Gasteiger charge is 2.33. The number of hydrogen-bond acceptors (Lipinski definition) is 18. The minimum absolute atomic E-state index is 0.179. The Kier molecular flexibility index (Phi) is 17.8. The molecule has 2 atom stereocenters. The molecule has 0 bridgehead atoms. The normalized spacial score (nSPS) is 19.3. The van der Waals surface area contributed by atoms with Gasteiger partial charge in [-0.05, 0) is 181 Å². The molecule has 16 nitrogen and oxygen atoms in total. The molecule has 0 amide bonds. The van der Waals surface area contributed by atoms with Crippen molar-refractivity contribution in [2.24, 2.45) is 20.0 Å². The van der Waals surface area contributed by atoms with Crippen molar-refractivity contribution in [3.05, 3.63) is 140 Å². The van der Waals surface area contributed by atoms with E-state index in [9.17, 15) is 0 Å². The minimum Gasteiger partial charge on any atom is -0.462 e. The third-order valence-corrected chi connectivity index (χ3v) is 21.6. The van der Waals surface area contributed by atoms with Crippen LogP contribution in [0.25, 0.3) is 32.0 Å². The summed E-state index contributed by atoms with van der Waals surface area (Å²) in [6.07, 6.45) is 11.0. The van der Waals surface area contributed by atoms with E-state index < -0.39 is 0 Å². The van der Waals surface area contributed by atoms with Gasteiger partial charge in [0.2, 0.25) is 0 Å². The van der Waals surface area contributed by atoms with Gasteiger partial charge in [-0.3, -0.25) is 0 Å². The second-order valence-corrected chi connectivity index (χ2v) is 27.5. The van der Waals surface area contributed by atoms with Crippen molar-refractivity contribution < 1.29 is 9.47 Å². The molecule has 0 radical (unpaired) electrons. The number of ether oxygens (including phenoxy) is 2. The van der Waals surface area contributed by atoms with Crippen LogP contribution in [0.15, 0.2) is 116 Å². The van der Waals surface area contributed by atoms with Gasteiger partial charge in [-0.25, -0.2) is 20.0 Å². The van der Waals surface area contributed by atoms with E-state index in [1.165, 1.54) is 88.2 Å². The Hall–Kier alpha value is -7.56. The molecule has 4 aromatic carbocycles. The van der Waals surface area contributed by atoms with Gasteiger partial charge in [-0.1, -0.05) is 48.5 Å². The second kappa shape index (κ2) is 26.9. The first-order valence-corrected chi connectivity index (χ1v) is 34.2. The molecule has 460 valence electrons. The first-order valence-electron chi connectivity index (χ1n) is 32.5. The lowest BCUT2D eigenvalue weighted by molar-refractivity contribution is 0.187. The molecular weight excluding hydrogens is 1150 g/mol. The second-order valence-electron chi connectivity index (χ2n) is 25.3. The number of anilines is 4. The molecule has 0 spiro atoms. The summed E-state index contributed by atoms with van der Waals surface area (Å²) in [7, 11) is 4.39. The summed E-state index contributed by atoms with van der Waals surface area (Å²) in [4.78, 5) is 58.0. The molecule has 10 heterocycles. The van der Waals surface area contributed by atoms with E-state index in [1.807, 2.05) is 11.3 Å². The zero-order valence-electron chi connectivity index (χ0n) is 52.1. The van der Waals surface area contributed by atoms with Crippen molar-refractivity contribution in [2.45, 2.75) is 128 Å². The summed E-state index contributed by atoms with van der Waals surface area (Å²) < 4.78 is 13.0. The molecule has 0 aliphatic carbocycles. The molecule has 4 aromatic heterocycles. The molecule has 89 heavy (non-hydrogen) atoms. The molecular formula is C71H82N14O2S2. The first kappa shape index (κ1) is 59.1. The standard InChI is InChI=1S/C71H82N14O2S2/c1-48-11-5-12-50-13-6-18-63(66(48)50)84-36-27-59-61(42-84)76-70(86-44-55-15-8-30-80(55)3)78-68(59)82-32-23-53(24-33-82)74-46-72-29-22-57-20-21-65(89-57)52-39-49(2)67-51(40-52)14-7-19-64(67)85-37-28-60-62(43-85)77-71(87-45-56-16-9-31-81(56)4)79-69(60)83-34-25-54(26-35-83)75-47-73-41-58-17-10-38-88-58/h5-7,10-14,17-21,38-40,53-56H,8-9,15-16,22-37,41-45H2,1-4H3/t55-,56-/m0/s1. The van der Waals surface area contributed by atoms with Gasteiger partial charge in [0.1, 0.15) is 24.8 Å². The van der Waals surface area contributed by atoms with Crippen molar-refractivity contribution in [3.63, 3.8) is 0 Å². The average Bonchev–Trinajstić information content (AvgIpc) is 1.45. The summed E-state index contributed by atoms with van der Waals surface area (Å²) >= 11 is 3.58. The molecule has 0 unspecified atom stereocenters. The van der Waals surface area contributed by atoms with E-state index in [1.54, 1.807) is 11.3 Å². The number of thiophene rings is 2. The maximum absolute atomic E-state index is 6.51. The topological polar surface area (TPSA) is 139 Å². The smallest absolute Gasteiger partial charge is 0.318 e. The van der Waals surface area contributed by atoms with Crippen LogP contribution in [0.2, 0.25) is 0 Å². The highest BCUT2D eigenvalue weighted by atomic mass is 32.1. The first-order chi connectivity index (χ1) is 43.7. The fraction of sp³-hybridized carbons (Fsp3) is 0.465. The summed E-state index contributed by atoms with van der Waals surface area (Å²) in [6.45, 7) is 15.9. The maximum atomic E-state index is 6.51. The number of likely N-dealkylation sites (tertiary alicyclic amines) is 2. The number of nitrogens with zero attached hydrogens (tertiary/aromatic N) is 14. The SMILES string of the molecule is Cc1cccc2cccc(N3CCc4c(nc(OC[C@@H]5CCCN5C)nc4N4CCC(N=C=NCCc5ccc(-c6cc(C)c7c(N8CCc9c(nc(OC[C@@H]%10CCCN%10C)nc9N9CCC(N=C=NCc%10cccs%10)CC9)C8)cccc7c6)s5)CC4)C3)c12. The summed E-state index contributed by atoms with van der Waals surface area (Å²) in [5.41, 5.74) is 11.0. The maximum Gasteiger partial charge on any atom is 0.318 e. The molecule has 0 N–H and O–H groups in total.